The zero-order valence-corrected chi connectivity index (χ0v) is 18.2. The van der Waals surface area contributed by atoms with Crippen LogP contribution in [0.25, 0.3) is 0 Å². The molecule has 4 rings (SSSR count). The third kappa shape index (κ3) is 3.26. The summed E-state index contributed by atoms with van der Waals surface area (Å²) in [6.45, 7) is 2.95. The van der Waals surface area contributed by atoms with Gasteiger partial charge in [0.15, 0.2) is 5.78 Å². The number of aliphatic carboxylic acids is 1. The van der Waals surface area contributed by atoms with E-state index in [9.17, 15) is 24.9 Å². The van der Waals surface area contributed by atoms with Crippen molar-refractivity contribution in [2.24, 2.45) is 33.7 Å². The lowest BCUT2D eigenvalue weighted by atomic mass is 9.45. The number of aliphatic hydroxyl groups excluding tert-OH is 2. The molecular weight excluding hydrogens is 402 g/mol. The molecule has 0 aromatic carbocycles. The van der Waals surface area contributed by atoms with Crippen LogP contribution in [0.1, 0.15) is 58.8 Å². The molecule has 0 aliphatic heterocycles. The summed E-state index contributed by atoms with van der Waals surface area (Å²) in [4.78, 5) is 28.0. The van der Waals surface area contributed by atoms with Crippen molar-refractivity contribution in [3.8, 4) is 0 Å². The molecule has 8 heteroatoms. The number of hydrogen-bond donors (Lipinski definition) is 4. The lowest BCUT2D eigenvalue weighted by Gasteiger charge is -2.60. The zero-order valence-electron chi connectivity index (χ0n) is 18.2. The van der Waals surface area contributed by atoms with Gasteiger partial charge >= 0.3 is 5.97 Å². The van der Waals surface area contributed by atoms with Crippen LogP contribution in [0, 0.1) is 28.6 Å². The van der Waals surface area contributed by atoms with Crippen LogP contribution in [0.4, 0.5) is 0 Å². The Hall–Kier alpha value is -1.77. The highest BCUT2D eigenvalue weighted by Crippen LogP contribution is 2.67. The molecule has 172 valence electrons. The molecule has 0 aromatic rings. The number of fused-ring (bicyclic) bond motifs is 5. The minimum absolute atomic E-state index is 0.0265. The minimum Gasteiger partial charge on any atom is -0.479 e. The van der Waals surface area contributed by atoms with Crippen molar-refractivity contribution >= 4 is 17.5 Å². The molecule has 0 bridgehead atoms. The van der Waals surface area contributed by atoms with E-state index >= 15 is 0 Å². The number of rotatable bonds is 5. The number of Topliss-reactive ketones (excluding diaryl/α,β-unsaturated/α-hetero) is 1. The Bertz CT molecular complexity index is 838. The van der Waals surface area contributed by atoms with Gasteiger partial charge in [-0.05, 0) is 74.2 Å². The van der Waals surface area contributed by atoms with Gasteiger partial charge in [0.25, 0.3) is 0 Å². The smallest absolute Gasteiger partial charge is 0.344 e. The van der Waals surface area contributed by atoms with Crippen molar-refractivity contribution in [3.63, 3.8) is 0 Å². The molecule has 4 N–H and O–H groups in total. The van der Waals surface area contributed by atoms with Crippen LogP contribution in [0.15, 0.2) is 16.8 Å². The van der Waals surface area contributed by atoms with Crippen molar-refractivity contribution in [1.82, 2.24) is 0 Å². The van der Waals surface area contributed by atoms with Crippen molar-refractivity contribution in [1.29, 1.82) is 0 Å². The minimum atomic E-state index is -1.58. The first kappa shape index (κ1) is 22.4. The molecule has 31 heavy (non-hydrogen) atoms. The first-order valence-corrected chi connectivity index (χ1v) is 11.2. The molecule has 4 aliphatic rings. The summed E-state index contributed by atoms with van der Waals surface area (Å²) in [6, 6.07) is 0. The van der Waals surface area contributed by atoms with E-state index < -0.39 is 42.1 Å². The number of aliphatic hydroxyl groups is 3. The summed E-state index contributed by atoms with van der Waals surface area (Å²) in [5.41, 5.74) is -0.594. The maximum absolute atomic E-state index is 12.5. The lowest BCUT2D eigenvalue weighted by Crippen LogP contribution is -2.62. The van der Waals surface area contributed by atoms with E-state index in [4.69, 9.17) is 9.94 Å². The van der Waals surface area contributed by atoms with E-state index in [1.165, 1.54) is 5.57 Å². The largest absolute Gasteiger partial charge is 0.479 e. The van der Waals surface area contributed by atoms with Gasteiger partial charge in [0.1, 0.15) is 12.2 Å². The Morgan fingerprint density at radius 1 is 1.23 bits per heavy atom. The van der Waals surface area contributed by atoms with Gasteiger partial charge in [-0.3, -0.25) is 4.79 Å². The highest BCUT2D eigenvalue weighted by atomic mass is 16.6. The molecule has 4 aliphatic carbocycles. The van der Waals surface area contributed by atoms with Gasteiger partial charge in [-0.1, -0.05) is 24.6 Å². The number of hydrogen-bond acceptors (Lipinski definition) is 7. The molecule has 0 amide bonds. The second-order valence-corrected chi connectivity index (χ2v) is 10.3. The van der Waals surface area contributed by atoms with Crippen LogP contribution in [0.5, 0.6) is 0 Å². The Kier molecular flexibility index (Phi) is 5.55. The number of nitrogens with zero attached hydrogens (tertiary/aromatic N) is 1. The zero-order chi connectivity index (χ0) is 22.6. The Labute approximate surface area is 182 Å². The third-order valence-corrected chi connectivity index (χ3v) is 9.04. The Morgan fingerprint density at radius 3 is 2.65 bits per heavy atom. The van der Waals surface area contributed by atoms with Gasteiger partial charge in [-0.2, -0.15) is 0 Å². The van der Waals surface area contributed by atoms with Gasteiger partial charge in [-0.15, -0.1) is 0 Å². The van der Waals surface area contributed by atoms with Crippen LogP contribution in [-0.2, 0) is 14.4 Å². The molecule has 0 heterocycles. The number of carboxylic acids is 1. The summed E-state index contributed by atoms with van der Waals surface area (Å²) in [5.74, 6) is -1.26. The van der Waals surface area contributed by atoms with Crippen LogP contribution in [0.3, 0.4) is 0 Å². The Morgan fingerprint density at radius 2 is 1.97 bits per heavy atom. The van der Waals surface area contributed by atoms with Crippen molar-refractivity contribution < 1.29 is 34.9 Å². The number of carboxylic acid groups (broad SMARTS) is 1. The topological polar surface area (TPSA) is 137 Å². The molecule has 0 saturated heterocycles. The van der Waals surface area contributed by atoms with Crippen molar-refractivity contribution in [2.75, 3.05) is 13.2 Å². The fourth-order valence-electron chi connectivity index (χ4n) is 7.54. The summed E-state index contributed by atoms with van der Waals surface area (Å²) in [6.07, 6.45) is 5.86. The van der Waals surface area contributed by atoms with Gasteiger partial charge in [-0.25, -0.2) is 4.79 Å². The number of allylic oxidation sites excluding steroid dienone is 2. The van der Waals surface area contributed by atoms with E-state index in [-0.39, 0.29) is 23.2 Å². The van der Waals surface area contributed by atoms with E-state index in [0.717, 1.165) is 31.4 Å². The fraction of sp³-hybridized carbons (Fsp3) is 0.783. The predicted octanol–water partition coefficient (Wildman–Crippen LogP) is 1.67. The van der Waals surface area contributed by atoms with Gasteiger partial charge in [0, 0.05) is 5.41 Å². The van der Waals surface area contributed by atoms with Crippen LogP contribution >= 0.6 is 0 Å². The molecular formula is C23H33NO7. The van der Waals surface area contributed by atoms with Crippen LogP contribution in [0.2, 0.25) is 0 Å². The fourth-order valence-corrected chi connectivity index (χ4v) is 7.54. The monoisotopic (exact) mass is 435 g/mol. The van der Waals surface area contributed by atoms with E-state index in [0.29, 0.717) is 19.3 Å². The summed E-state index contributed by atoms with van der Waals surface area (Å²) >= 11 is 0. The molecule has 3 saturated carbocycles. The third-order valence-electron chi connectivity index (χ3n) is 9.04. The maximum atomic E-state index is 12.5. The highest BCUT2D eigenvalue weighted by molar-refractivity contribution is 5.96. The average Bonchev–Trinajstić information content (AvgIpc) is 2.98. The summed E-state index contributed by atoms with van der Waals surface area (Å²) in [5, 5.41) is 44.8. The molecule has 0 spiro atoms. The molecule has 8 nitrogen and oxygen atoms in total. The molecule has 3 fully saturated rings. The normalized spacial score (nSPS) is 45.3. The second-order valence-electron chi connectivity index (χ2n) is 10.3. The van der Waals surface area contributed by atoms with E-state index in [1.807, 2.05) is 13.0 Å². The van der Waals surface area contributed by atoms with Gasteiger partial charge in [0.05, 0.1) is 11.8 Å². The first-order chi connectivity index (χ1) is 14.6. The summed E-state index contributed by atoms with van der Waals surface area (Å²) in [7, 11) is 0. The number of oxime groups is 1. The molecule has 7 atom stereocenters. The highest BCUT2D eigenvalue weighted by Gasteiger charge is 2.68. The lowest BCUT2D eigenvalue weighted by molar-refractivity contribution is -0.181. The van der Waals surface area contributed by atoms with Crippen molar-refractivity contribution in [2.45, 2.75) is 70.5 Å². The van der Waals surface area contributed by atoms with Crippen LogP contribution in [-0.4, -0.2) is 62.8 Å². The van der Waals surface area contributed by atoms with Crippen LogP contribution < -0.4 is 0 Å². The number of carbonyl (C=O) groups is 2. The molecule has 0 radical (unpaired) electrons. The van der Waals surface area contributed by atoms with E-state index in [1.54, 1.807) is 0 Å². The second kappa shape index (κ2) is 7.67. The van der Waals surface area contributed by atoms with Gasteiger partial charge < -0.3 is 25.3 Å². The SMILES string of the molecule is C[C@]12CC/C(=N\OCC(=O)O)C=C1CC[C@@H]1[C@@H]2[C@@H](O)C[C@@]2(C)[C@H]1CC[C@]2(O)C(=O)CO. The first-order valence-electron chi connectivity index (χ1n) is 11.2. The van der Waals surface area contributed by atoms with E-state index in [2.05, 4.69) is 12.1 Å². The maximum Gasteiger partial charge on any atom is 0.344 e. The number of ketones is 1. The summed E-state index contributed by atoms with van der Waals surface area (Å²) < 4.78 is 0. The standard InChI is InChI=1S/C23H33NO7/c1-21-7-5-14(24-31-12-19(28)29)9-13(21)3-4-15-16-6-8-23(30,18(27)11-25)22(16,2)10-17(26)20(15)21/h9,15-17,20,25-26,30H,3-8,10-12H2,1-2H3,(H,28,29)/b24-14+/t15-,16-,17-,20+,21-,22-,23-/m0/s1. The molecule has 0 unspecified atom stereocenters. The van der Waals surface area contributed by atoms with Gasteiger partial charge in [0.2, 0.25) is 6.61 Å². The Balaban J connectivity index is 1.62. The van der Waals surface area contributed by atoms with Crippen molar-refractivity contribution in [3.05, 3.63) is 11.6 Å². The average molecular weight is 436 g/mol. The number of carbonyl (C=O) groups excluding carboxylic acids is 1. The molecule has 0 aromatic heterocycles. The quantitative estimate of drug-likeness (QED) is 0.482. The predicted molar refractivity (Wildman–Crippen MR) is 111 cm³/mol.